The van der Waals surface area contributed by atoms with Crippen molar-refractivity contribution < 1.29 is 4.79 Å². The van der Waals surface area contributed by atoms with Crippen molar-refractivity contribution in [2.45, 2.75) is 6.92 Å². The zero-order valence-electron chi connectivity index (χ0n) is 6.26. The molecule has 0 aromatic rings. The van der Waals surface area contributed by atoms with Crippen molar-refractivity contribution in [1.29, 1.82) is 5.41 Å². The summed E-state index contributed by atoms with van der Waals surface area (Å²) >= 11 is 0. The number of amides is 1. The van der Waals surface area contributed by atoms with E-state index >= 15 is 0 Å². The van der Waals surface area contributed by atoms with Gasteiger partial charge in [-0.2, -0.15) is 0 Å². The van der Waals surface area contributed by atoms with Crippen molar-refractivity contribution >= 4 is 24.3 Å². The van der Waals surface area contributed by atoms with E-state index in [1.807, 2.05) is 0 Å². The van der Waals surface area contributed by atoms with Gasteiger partial charge in [0.15, 0.2) is 5.96 Å². The average Bonchev–Trinajstić information content (AvgIpc) is 1.63. The van der Waals surface area contributed by atoms with Gasteiger partial charge in [0.05, 0.1) is 0 Å². The summed E-state index contributed by atoms with van der Waals surface area (Å²) < 4.78 is 0. The van der Waals surface area contributed by atoms with Crippen molar-refractivity contribution in [3.63, 3.8) is 0 Å². The average molecular weight is 181 g/mol. The molecule has 0 aliphatic rings. The maximum Gasteiger partial charge on any atom is 0.243 e. The van der Waals surface area contributed by atoms with E-state index in [0.29, 0.717) is 5.57 Å². The molecule has 0 aliphatic heterocycles. The van der Waals surface area contributed by atoms with Crippen LogP contribution in [0.5, 0.6) is 0 Å². The zero-order chi connectivity index (χ0) is 8.73. The second kappa shape index (κ2) is 8.77. The first-order chi connectivity index (χ1) is 4.37. The number of hydrogen-bond acceptors (Lipinski definition) is 2. The number of primary amides is 1. The number of carbonyl (C=O) groups excluding carboxylic acids is 1. The molecular weight excluding hydrogens is 168 g/mol. The molecule has 0 atom stereocenters. The van der Waals surface area contributed by atoms with Crippen LogP contribution in [0.2, 0.25) is 0 Å². The van der Waals surface area contributed by atoms with Crippen LogP contribution < -0.4 is 17.2 Å². The Kier molecular flexibility index (Phi) is 13.1. The summed E-state index contributed by atoms with van der Waals surface area (Å²) in [6, 6.07) is 0. The molecule has 7 N–H and O–H groups in total. The van der Waals surface area contributed by atoms with E-state index < -0.39 is 5.91 Å². The Balaban J connectivity index is -0.000000114. The third-order valence-corrected chi connectivity index (χ3v) is 0.421. The van der Waals surface area contributed by atoms with E-state index in [0.717, 1.165) is 0 Å². The van der Waals surface area contributed by atoms with Gasteiger partial charge in [0.2, 0.25) is 5.91 Å². The molecule has 0 radical (unpaired) electrons. The molecule has 0 aliphatic carbocycles. The summed E-state index contributed by atoms with van der Waals surface area (Å²) in [6.45, 7) is 4.85. The Morgan fingerprint density at radius 1 is 1.36 bits per heavy atom. The van der Waals surface area contributed by atoms with Crippen LogP contribution in [-0.4, -0.2) is 11.9 Å². The van der Waals surface area contributed by atoms with Crippen LogP contribution in [-0.2, 0) is 4.79 Å². The van der Waals surface area contributed by atoms with Crippen LogP contribution >= 0.6 is 12.4 Å². The van der Waals surface area contributed by atoms with Crippen LogP contribution in [0.15, 0.2) is 12.2 Å². The number of rotatable bonds is 1. The summed E-state index contributed by atoms with van der Waals surface area (Å²) in [4.78, 5) is 9.82. The lowest BCUT2D eigenvalue weighted by molar-refractivity contribution is -0.114. The fraction of sp³-hybridized carbons (Fsp3) is 0.200. The third-order valence-electron chi connectivity index (χ3n) is 0.421. The van der Waals surface area contributed by atoms with Gasteiger partial charge in [-0.25, -0.2) is 0 Å². The molecule has 0 spiro atoms. The zero-order valence-corrected chi connectivity index (χ0v) is 7.07. The molecule has 1 amide bonds. The molecule has 6 heteroatoms. The number of halogens is 1. The van der Waals surface area contributed by atoms with Crippen molar-refractivity contribution in [3.8, 4) is 0 Å². The van der Waals surface area contributed by atoms with Gasteiger partial charge in [-0.05, 0) is 6.92 Å². The maximum absolute atomic E-state index is 9.82. The van der Waals surface area contributed by atoms with E-state index in [4.69, 9.17) is 11.1 Å². The second-order valence-electron chi connectivity index (χ2n) is 1.60. The Morgan fingerprint density at radius 3 is 1.45 bits per heavy atom. The number of carbonyl (C=O) groups is 1. The van der Waals surface area contributed by atoms with Crippen LogP contribution in [0.4, 0.5) is 0 Å². The summed E-state index contributed by atoms with van der Waals surface area (Å²) in [5, 5.41) is 6.06. The third kappa shape index (κ3) is 52.4. The number of nitrogens with one attached hydrogen (secondary N) is 1. The summed E-state index contributed by atoms with van der Waals surface area (Å²) in [6.07, 6.45) is 0. The molecule has 11 heavy (non-hydrogen) atoms. The molecule has 0 bridgehead atoms. The van der Waals surface area contributed by atoms with Crippen molar-refractivity contribution in [2.24, 2.45) is 17.2 Å². The van der Waals surface area contributed by atoms with Crippen LogP contribution in [0.25, 0.3) is 0 Å². The van der Waals surface area contributed by atoms with Gasteiger partial charge < -0.3 is 17.2 Å². The molecule has 0 rings (SSSR count). The number of hydrogen-bond donors (Lipinski definition) is 4. The summed E-state index contributed by atoms with van der Waals surface area (Å²) in [5.41, 5.74) is 14.0. The van der Waals surface area contributed by atoms with E-state index in [1.165, 1.54) is 0 Å². The molecule has 0 aromatic heterocycles. The summed E-state index contributed by atoms with van der Waals surface area (Å²) in [5.74, 6) is -0.769. The Bertz CT molecular complexity index is 141. The topological polar surface area (TPSA) is 119 Å². The van der Waals surface area contributed by atoms with Crippen LogP contribution in [0, 0.1) is 5.41 Å². The van der Waals surface area contributed by atoms with Gasteiger partial charge in [0.25, 0.3) is 0 Å². The smallest absolute Gasteiger partial charge is 0.243 e. The predicted molar refractivity (Wildman–Crippen MR) is 47.4 cm³/mol. The highest BCUT2D eigenvalue weighted by Gasteiger charge is 1.86. The normalized spacial score (nSPS) is 6.27. The Morgan fingerprint density at radius 2 is 1.45 bits per heavy atom. The van der Waals surface area contributed by atoms with E-state index in [2.05, 4.69) is 18.0 Å². The van der Waals surface area contributed by atoms with E-state index in [1.54, 1.807) is 6.92 Å². The minimum absolute atomic E-state index is 0. The monoisotopic (exact) mass is 180 g/mol. The van der Waals surface area contributed by atoms with Crippen molar-refractivity contribution in [1.82, 2.24) is 0 Å². The van der Waals surface area contributed by atoms with Gasteiger partial charge in [-0.1, -0.05) is 6.58 Å². The first kappa shape index (κ1) is 16.4. The van der Waals surface area contributed by atoms with Gasteiger partial charge >= 0.3 is 0 Å². The van der Waals surface area contributed by atoms with Gasteiger partial charge in [0.1, 0.15) is 0 Å². The highest BCUT2D eigenvalue weighted by molar-refractivity contribution is 5.90. The molecule has 0 saturated carbocycles. The van der Waals surface area contributed by atoms with E-state index in [-0.39, 0.29) is 18.4 Å². The fourth-order valence-electron chi connectivity index (χ4n) is 0. The fourth-order valence-corrected chi connectivity index (χ4v) is 0. The number of nitrogens with two attached hydrogens (primary N) is 3. The van der Waals surface area contributed by atoms with Crippen molar-refractivity contribution in [2.75, 3.05) is 0 Å². The molecule has 0 heterocycles. The molecule has 0 unspecified atom stereocenters. The minimum Gasteiger partial charge on any atom is -0.370 e. The predicted octanol–water partition coefficient (Wildman–Crippen LogP) is -0.692. The standard InChI is InChI=1S/C4H7NO.CH5N3.ClH/c1-3(2)4(5)6;2-1(3)4;/h1H2,2H3,(H2,5,6);(H5,2,3,4);1H. The molecule has 0 fully saturated rings. The first-order valence-corrected chi connectivity index (χ1v) is 2.42. The molecule has 0 saturated heterocycles. The molecular formula is C5H13ClN4O. The highest BCUT2D eigenvalue weighted by Crippen LogP contribution is 1.78. The van der Waals surface area contributed by atoms with Crippen molar-refractivity contribution in [3.05, 3.63) is 12.2 Å². The minimum atomic E-state index is -0.435. The molecule has 0 aromatic carbocycles. The second-order valence-corrected chi connectivity index (χ2v) is 1.60. The SMILES string of the molecule is C=C(C)C(N)=O.Cl.N=C(N)N. The lowest BCUT2D eigenvalue weighted by atomic mass is 10.3. The maximum atomic E-state index is 9.82. The number of guanidine groups is 1. The Labute approximate surface area is 71.5 Å². The van der Waals surface area contributed by atoms with Gasteiger partial charge in [-0.3, -0.25) is 10.2 Å². The Hall–Kier alpha value is -1.23. The lowest BCUT2D eigenvalue weighted by Gasteiger charge is -1.81. The van der Waals surface area contributed by atoms with Crippen LogP contribution in [0.3, 0.4) is 0 Å². The first-order valence-electron chi connectivity index (χ1n) is 2.42. The van der Waals surface area contributed by atoms with Crippen LogP contribution in [0.1, 0.15) is 6.92 Å². The highest BCUT2D eigenvalue weighted by atomic mass is 35.5. The lowest BCUT2D eigenvalue weighted by Crippen LogP contribution is -2.20. The van der Waals surface area contributed by atoms with Gasteiger partial charge in [0, 0.05) is 5.57 Å². The molecule has 5 nitrogen and oxygen atoms in total. The largest absolute Gasteiger partial charge is 0.370 e. The molecule has 66 valence electrons. The summed E-state index contributed by atoms with van der Waals surface area (Å²) in [7, 11) is 0. The van der Waals surface area contributed by atoms with E-state index in [9.17, 15) is 4.79 Å². The van der Waals surface area contributed by atoms with Gasteiger partial charge in [-0.15, -0.1) is 12.4 Å². The quantitative estimate of drug-likeness (QED) is 0.243.